The molecule has 0 saturated carbocycles. The lowest BCUT2D eigenvalue weighted by molar-refractivity contribution is -0.126. The molecule has 1 atom stereocenters. The summed E-state index contributed by atoms with van der Waals surface area (Å²) in [5, 5.41) is 7.92. The Labute approximate surface area is 190 Å². The smallest absolute Gasteiger partial charge is 0.408 e. The van der Waals surface area contributed by atoms with Crippen LogP contribution in [0.2, 0.25) is 0 Å². The average Bonchev–Trinajstić information content (AvgIpc) is 2.67. The third-order valence-corrected chi connectivity index (χ3v) is 3.83. The summed E-state index contributed by atoms with van der Waals surface area (Å²) in [6.07, 6.45) is -0.730. The molecule has 1 aromatic rings. The number of carbonyl (C=O) groups excluding carboxylic acids is 3. The van der Waals surface area contributed by atoms with Gasteiger partial charge in [0.1, 0.15) is 18.2 Å². The molecule has 0 aliphatic rings. The third-order valence-electron chi connectivity index (χ3n) is 3.83. The molecule has 0 heterocycles. The minimum atomic E-state index is -0.909. The third kappa shape index (κ3) is 13.5. The topological polar surface area (TPSA) is 115 Å². The van der Waals surface area contributed by atoms with Crippen LogP contribution in [0.15, 0.2) is 30.3 Å². The van der Waals surface area contributed by atoms with Gasteiger partial charge in [0.15, 0.2) is 0 Å². The molecule has 0 aromatic heterocycles. The lowest BCUT2D eigenvalue weighted by Gasteiger charge is -2.26. The molecule has 0 saturated heterocycles. The van der Waals surface area contributed by atoms with Gasteiger partial charge in [0.25, 0.3) is 0 Å². The van der Waals surface area contributed by atoms with Crippen molar-refractivity contribution in [1.82, 2.24) is 16.0 Å². The summed E-state index contributed by atoms with van der Waals surface area (Å²) in [7, 11) is 0. The first kappa shape index (κ1) is 27.2. The van der Waals surface area contributed by atoms with E-state index < -0.39 is 35.3 Å². The van der Waals surface area contributed by atoms with Crippen LogP contribution in [0, 0.1) is 0 Å². The predicted molar refractivity (Wildman–Crippen MR) is 121 cm³/mol. The standard InChI is InChI=1S/C23H37N3O6/c1-22(2,3)31-16-18(26-21(29)32-23(4,5)6)19(27)24-13-10-14-25-20(28)30-15-17-11-8-7-9-12-17/h7-9,11-12,18H,10,13-16H2,1-6H3,(H,24,27)(H,25,28)(H,26,29)/t18-/m0/s1. The van der Waals surface area contributed by atoms with Gasteiger partial charge in [-0.25, -0.2) is 9.59 Å². The van der Waals surface area contributed by atoms with Crippen molar-refractivity contribution < 1.29 is 28.6 Å². The second-order valence-corrected chi connectivity index (χ2v) is 9.26. The van der Waals surface area contributed by atoms with Crippen LogP contribution in [0.1, 0.15) is 53.5 Å². The Morgan fingerprint density at radius 2 is 1.50 bits per heavy atom. The highest BCUT2D eigenvalue weighted by Crippen LogP contribution is 2.09. The van der Waals surface area contributed by atoms with E-state index in [2.05, 4.69) is 16.0 Å². The molecular weight excluding hydrogens is 414 g/mol. The Morgan fingerprint density at radius 1 is 0.875 bits per heavy atom. The number of nitrogens with one attached hydrogen (secondary N) is 3. The van der Waals surface area contributed by atoms with Gasteiger partial charge in [-0.3, -0.25) is 4.79 Å². The van der Waals surface area contributed by atoms with Crippen molar-refractivity contribution in [2.24, 2.45) is 0 Å². The number of ether oxygens (including phenoxy) is 3. The number of hydrogen-bond donors (Lipinski definition) is 3. The maximum Gasteiger partial charge on any atom is 0.408 e. The van der Waals surface area contributed by atoms with E-state index in [-0.39, 0.29) is 13.2 Å². The second kappa shape index (κ2) is 12.9. The molecule has 3 amide bonds. The molecule has 0 spiro atoms. The van der Waals surface area contributed by atoms with Crippen molar-refractivity contribution in [3.05, 3.63) is 35.9 Å². The summed E-state index contributed by atoms with van der Waals surface area (Å²) in [5.41, 5.74) is -0.259. The summed E-state index contributed by atoms with van der Waals surface area (Å²) in [4.78, 5) is 36.4. The van der Waals surface area contributed by atoms with E-state index >= 15 is 0 Å². The van der Waals surface area contributed by atoms with Gasteiger partial charge >= 0.3 is 12.2 Å². The van der Waals surface area contributed by atoms with E-state index in [4.69, 9.17) is 14.2 Å². The SMILES string of the molecule is CC(C)(C)OC[C@H](NC(=O)OC(C)(C)C)C(=O)NCCCNC(=O)OCc1ccccc1. The minimum absolute atomic E-state index is 0.00135. The largest absolute Gasteiger partial charge is 0.445 e. The number of benzene rings is 1. The normalized spacial score (nSPS) is 12.4. The zero-order valence-corrected chi connectivity index (χ0v) is 19.9. The molecule has 0 bridgehead atoms. The van der Waals surface area contributed by atoms with Crippen molar-refractivity contribution in [3.63, 3.8) is 0 Å². The van der Waals surface area contributed by atoms with Gasteiger partial charge in [-0.15, -0.1) is 0 Å². The van der Waals surface area contributed by atoms with Crippen LogP contribution in [-0.4, -0.2) is 55.0 Å². The summed E-state index contributed by atoms with van der Waals surface area (Å²) in [6.45, 7) is 11.6. The fraction of sp³-hybridized carbons (Fsp3) is 0.609. The molecule has 0 fully saturated rings. The molecule has 0 unspecified atom stereocenters. The molecule has 1 rings (SSSR count). The Balaban J connectivity index is 2.38. The van der Waals surface area contributed by atoms with Crippen LogP contribution in [-0.2, 0) is 25.6 Å². The first-order valence-electron chi connectivity index (χ1n) is 10.7. The van der Waals surface area contributed by atoms with Crippen molar-refractivity contribution >= 4 is 18.1 Å². The molecule has 180 valence electrons. The van der Waals surface area contributed by atoms with Gasteiger partial charge in [0, 0.05) is 13.1 Å². The maximum atomic E-state index is 12.5. The molecule has 9 nitrogen and oxygen atoms in total. The van der Waals surface area contributed by atoms with Gasteiger partial charge in [0.05, 0.1) is 12.2 Å². The number of alkyl carbamates (subject to hydrolysis) is 2. The summed E-state index contributed by atoms with van der Waals surface area (Å²) < 4.78 is 16.0. The van der Waals surface area contributed by atoms with E-state index in [9.17, 15) is 14.4 Å². The summed E-state index contributed by atoms with van der Waals surface area (Å²) in [5.74, 6) is -0.397. The first-order chi connectivity index (χ1) is 14.9. The van der Waals surface area contributed by atoms with Crippen LogP contribution in [0.3, 0.4) is 0 Å². The van der Waals surface area contributed by atoms with E-state index in [0.717, 1.165) is 5.56 Å². The quantitative estimate of drug-likeness (QED) is 0.471. The van der Waals surface area contributed by atoms with E-state index in [1.165, 1.54) is 0 Å². The minimum Gasteiger partial charge on any atom is -0.445 e. The van der Waals surface area contributed by atoms with Gasteiger partial charge in [-0.2, -0.15) is 0 Å². The highest BCUT2D eigenvalue weighted by atomic mass is 16.6. The first-order valence-corrected chi connectivity index (χ1v) is 10.7. The molecular formula is C23H37N3O6. The van der Waals surface area contributed by atoms with Crippen LogP contribution in [0.25, 0.3) is 0 Å². The fourth-order valence-electron chi connectivity index (χ4n) is 2.35. The van der Waals surface area contributed by atoms with Gasteiger partial charge in [0.2, 0.25) is 5.91 Å². The van der Waals surface area contributed by atoms with Gasteiger partial charge in [-0.05, 0) is 53.5 Å². The fourth-order valence-corrected chi connectivity index (χ4v) is 2.35. The van der Waals surface area contributed by atoms with Crippen molar-refractivity contribution in [2.75, 3.05) is 19.7 Å². The Bertz CT molecular complexity index is 725. The van der Waals surface area contributed by atoms with E-state index in [0.29, 0.717) is 19.5 Å². The average molecular weight is 452 g/mol. The number of rotatable bonds is 10. The Kier molecular flexibility index (Phi) is 11.0. The Morgan fingerprint density at radius 3 is 2.09 bits per heavy atom. The molecule has 1 aromatic carbocycles. The second-order valence-electron chi connectivity index (χ2n) is 9.26. The molecule has 9 heteroatoms. The highest BCUT2D eigenvalue weighted by molar-refractivity contribution is 5.85. The molecule has 0 radical (unpaired) electrons. The number of amides is 3. The molecule has 3 N–H and O–H groups in total. The predicted octanol–water partition coefficient (Wildman–Crippen LogP) is 3.13. The van der Waals surface area contributed by atoms with Crippen LogP contribution >= 0.6 is 0 Å². The lowest BCUT2D eigenvalue weighted by Crippen LogP contribution is -2.51. The van der Waals surface area contributed by atoms with Crippen molar-refractivity contribution in [3.8, 4) is 0 Å². The molecule has 0 aliphatic carbocycles. The number of carbonyl (C=O) groups is 3. The maximum absolute atomic E-state index is 12.5. The monoisotopic (exact) mass is 451 g/mol. The lowest BCUT2D eigenvalue weighted by atomic mass is 10.2. The number of hydrogen-bond acceptors (Lipinski definition) is 6. The van der Waals surface area contributed by atoms with Crippen molar-refractivity contribution in [1.29, 1.82) is 0 Å². The van der Waals surface area contributed by atoms with E-state index in [1.807, 2.05) is 51.1 Å². The highest BCUT2D eigenvalue weighted by Gasteiger charge is 2.26. The van der Waals surface area contributed by atoms with Crippen LogP contribution in [0.5, 0.6) is 0 Å². The summed E-state index contributed by atoms with van der Waals surface area (Å²) >= 11 is 0. The van der Waals surface area contributed by atoms with Crippen LogP contribution < -0.4 is 16.0 Å². The van der Waals surface area contributed by atoms with E-state index in [1.54, 1.807) is 20.8 Å². The molecule has 32 heavy (non-hydrogen) atoms. The summed E-state index contributed by atoms with van der Waals surface area (Å²) in [6, 6.07) is 8.46. The van der Waals surface area contributed by atoms with Gasteiger partial charge in [-0.1, -0.05) is 30.3 Å². The zero-order valence-electron chi connectivity index (χ0n) is 19.9. The van der Waals surface area contributed by atoms with Gasteiger partial charge < -0.3 is 30.2 Å². The Hall–Kier alpha value is -2.81. The van der Waals surface area contributed by atoms with Crippen molar-refractivity contribution in [2.45, 2.75) is 71.8 Å². The molecule has 0 aliphatic heterocycles. The van der Waals surface area contributed by atoms with Crippen LogP contribution in [0.4, 0.5) is 9.59 Å². The zero-order chi connectivity index (χ0) is 24.2.